The molecule has 4 heteroatoms. The second kappa shape index (κ2) is 8.13. The summed E-state index contributed by atoms with van der Waals surface area (Å²) >= 11 is 0. The van der Waals surface area contributed by atoms with Gasteiger partial charge in [0.05, 0.1) is 29.5 Å². The summed E-state index contributed by atoms with van der Waals surface area (Å²) in [7, 11) is 0. The van der Waals surface area contributed by atoms with Crippen molar-refractivity contribution in [1.29, 1.82) is 0 Å². The van der Waals surface area contributed by atoms with E-state index in [9.17, 15) is 10.2 Å². The molecule has 4 fully saturated rings. The molecule has 4 saturated carbocycles. The van der Waals surface area contributed by atoms with Crippen LogP contribution < -0.4 is 0 Å². The summed E-state index contributed by atoms with van der Waals surface area (Å²) in [5.74, 6) is 7.22. The quantitative estimate of drug-likeness (QED) is 0.612. The molecule has 0 radical (unpaired) electrons. The summed E-state index contributed by atoms with van der Waals surface area (Å²) in [5, 5.41) is 27.2. The number of terminal acetylenes is 1. The van der Waals surface area contributed by atoms with Crippen LogP contribution in [0.2, 0.25) is 0 Å². The molecule has 1 aromatic rings. The maximum atomic E-state index is 11.7. The molecule has 0 aliphatic heterocycles. The lowest BCUT2D eigenvalue weighted by molar-refractivity contribution is -0.141. The van der Waals surface area contributed by atoms with Crippen LogP contribution in [0.25, 0.3) is 0 Å². The van der Waals surface area contributed by atoms with E-state index in [0.717, 1.165) is 48.5 Å². The minimum absolute atomic E-state index is 0.198. The molecule has 0 aromatic carbocycles. The predicted molar refractivity (Wildman–Crippen MR) is 131 cm³/mol. The number of nitrogens with zero attached hydrogens (tertiary/aromatic N) is 2. The van der Waals surface area contributed by atoms with E-state index in [1.165, 1.54) is 38.5 Å². The third-order valence-corrected chi connectivity index (χ3v) is 11.2. The summed E-state index contributed by atoms with van der Waals surface area (Å²) in [5.41, 5.74) is -0.295. The Bertz CT molecular complexity index is 911. The third-order valence-electron chi connectivity index (χ3n) is 11.2. The summed E-state index contributed by atoms with van der Waals surface area (Å²) in [4.78, 5) is 0. The van der Waals surface area contributed by atoms with Crippen LogP contribution in [0.15, 0.2) is 12.4 Å². The van der Waals surface area contributed by atoms with Gasteiger partial charge in [-0.25, -0.2) is 0 Å². The van der Waals surface area contributed by atoms with Crippen molar-refractivity contribution in [2.75, 3.05) is 0 Å². The molecule has 2 N–H and O–H groups in total. The summed E-state index contributed by atoms with van der Waals surface area (Å²) in [6, 6.07) is 0. The topological polar surface area (TPSA) is 58.3 Å². The van der Waals surface area contributed by atoms with Gasteiger partial charge in [-0.15, -0.1) is 6.42 Å². The molecule has 4 aliphatic carbocycles. The van der Waals surface area contributed by atoms with Crippen LogP contribution >= 0.6 is 0 Å². The normalized spacial score (nSPS) is 46.5. The van der Waals surface area contributed by atoms with Crippen molar-refractivity contribution >= 4 is 0 Å². The van der Waals surface area contributed by atoms with Gasteiger partial charge in [0.1, 0.15) is 0 Å². The van der Waals surface area contributed by atoms with Gasteiger partial charge in [0.15, 0.2) is 0 Å². The Morgan fingerprint density at radius 3 is 2.67 bits per heavy atom. The Balaban J connectivity index is 1.34. The van der Waals surface area contributed by atoms with Gasteiger partial charge < -0.3 is 10.2 Å². The Morgan fingerprint density at radius 2 is 1.97 bits per heavy atom. The molecule has 1 heterocycles. The Hall–Kier alpha value is -1.31. The minimum atomic E-state index is -0.789. The van der Waals surface area contributed by atoms with E-state index < -0.39 is 11.2 Å². The largest absolute Gasteiger partial charge is 0.390 e. The highest BCUT2D eigenvalue weighted by molar-refractivity contribution is 5.26. The molecule has 182 valence electrons. The Labute approximate surface area is 200 Å². The van der Waals surface area contributed by atoms with Crippen molar-refractivity contribution < 1.29 is 10.2 Å². The second-order valence-corrected chi connectivity index (χ2v) is 12.9. The Morgan fingerprint density at radius 1 is 1.18 bits per heavy atom. The summed E-state index contributed by atoms with van der Waals surface area (Å²) in [6.07, 6.45) is 19.9. The summed E-state index contributed by atoms with van der Waals surface area (Å²) < 4.78 is 1.83. The van der Waals surface area contributed by atoms with E-state index in [4.69, 9.17) is 6.42 Å². The number of hydrogen-bond acceptors (Lipinski definition) is 3. The van der Waals surface area contributed by atoms with Gasteiger partial charge >= 0.3 is 0 Å². The van der Waals surface area contributed by atoms with E-state index in [0.29, 0.717) is 24.3 Å². The standard InChI is InChI=1S/C29H44N2O2/c1-6-19-16-30-31(17-19)18-29(5,33)26-11-10-25-23-9-8-20-15-28(4,32)21(7-2)14-24(20)22(23)12-13-27(25,26)3/h1,16-17,20-26,32-33H,7-15,18H2,2-5H3/t20-,21+,22+,23-,24+,25+,26+,27+,28+,29+/m1/s1. The van der Waals surface area contributed by atoms with E-state index >= 15 is 0 Å². The first-order valence-corrected chi connectivity index (χ1v) is 13.5. The zero-order chi connectivity index (χ0) is 23.6. The molecule has 4 aliphatic rings. The highest BCUT2D eigenvalue weighted by Gasteiger charge is 2.61. The molecule has 0 unspecified atom stereocenters. The molecular formula is C29H44N2O2. The zero-order valence-corrected chi connectivity index (χ0v) is 21.1. The molecule has 0 bridgehead atoms. The van der Waals surface area contributed by atoms with Crippen LogP contribution in [0, 0.1) is 59.2 Å². The van der Waals surface area contributed by atoms with Gasteiger partial charge in [-0.2, -0.15) is 5.10 Å². The maximum absolute atomic E-state index is 11.7. The molecule has 0 saturated heterocycles. The van der Waals surface area contributed by atoms with E-state index in [1.807, 2.05) is 17.8 Å². The number of rotatable bonds is 4. The molecule has 33 heavy (non-hydrogen) atoms. The molecule has 0 spiro atoms. The smallest absolute Gasteiger partial charge is 0.0848 e. The molecule has 5 rings (SSSR count). The zero-order valence-electron chi connectivity index (χ0n) is 21.1. The Kier molecular flexibility index (Phi) is 5.77. The summed E-state index contributed by atoms with van der Waals surface area (Å²) in [6.45, 7) is 9.38. The van der Waals surface area contributed by atoms with E-state index in [1.54, 1.807) is 6.20 Å². The minimum Gasteiger partial charge on any atom is -0.390 e. The van der Waals surface area contributed by atoms with Crippen molar-refractivity contribution in [3.63, 3.8) is 0 Å². The molecule has 10 atom stereocenters. The highest BCUT2D eigenvalue weighted by atomic mass is 16.3. The fourth-order valence-corrected chi connectivity index (χ4v) is 9.73. The van der Waals surface area contributed by atoms with Gasteiger partial charge in [0, 0.05) is 6.20 Å². The number of aromatic nitrogens is 2. The van der Waals surface area contributed by atoms with Gasteiger partial charge in [0.25, 0.3) is 0 Å². The average molecular weight is 453 g/mol. The third kappa shape index (κ3) is 3.79. The molecule has 0 amide bonds. The lowest BCUT2D eigenvalue weighted by Gasteiger charge is -2.59. The second-order valence-electron chi connectivity index (χ2n) is 12.9. The van der Waals surface area contributed by atoms with Crippen molar-refractivity contribution in [3.8, 4) is 12.3 Å². The maximum Gasteiger partial charge on any atom is 0.0848 e. The fraction of sp³-hybridized carbons (Fsp3) is 0.828. The van der Waals surface area contributed by atoms with Crippen molar-refractivity contribution in [3.05, 3.63) is 18.0 Å². The lowest BCUT2D eigenvalue weighted by Crippen LogP contribution is -2.55. The van der Waals surface area contributed by atoms with Gasteiger partial charge in [-0.3, -0.25) is 4.68 Å². The lowest BCUT2D eigenvalue weighted by atomic mass is 9.47. The van der Waals surface area contributed by atoms with Crippen LogP contribution in [-0.4, -0.2) is 31.2 Å². The average Bonchev–Trinajstić information content (AvgIpc) is 3.35. The first-order valence-electron chi connectivity index (χ1n) is 13.5. The van der Waals surface area contributed by atoms with Gasteiger partial charge in [-0.05, 0) is 112 Å². The highest BCUT2D eigenvalue weighted by Crippen LogP contribution is 2.66. The fourth-order valence-electron chi connectivity index (χ4n) is 9.73. The molecule has 1 aromatic heterocycles. The van der Waals surface area contributed by atoms with Gasteiger partial charge in [0.2, 0.25) is 0 Å². The number of aliphatic hydroxyl groups is 2. The van der Waals surface area contributed by atoms with Crippen LogP contribution in [0.4, 0.5) is 0 Å². The SMILES string of the molecule is C#Cc1cnn(C[C@](C)(O)[C@H]2CC[C@H]3[C@@H]4CC[C@@H]5C[C@](C)(O)[C@@H](CC)C[C@@H]5[C@H]4CC[C@@]32C)c1. The van der Waals surface area contributed by atoms with E-state index in [-0.39, 0.29) is 5.41 Å². The van der Waals surface area contributed by atoms with Crippen LogP contribution in [-0.2, 0) is 6.54 Å². The molecular weight excluding hydrogens is 408 g/mol. The van der Waals surface area contributed by atoms with E-state index in [2.05, 4.69) is 31.8 Å². The molecule has 4 nitrogen and oxygen atoms in total. The number of fused-ring (bicyclic) bond motifs is 5. The number of hydrogen-bond donors (Lipinski definition) is 2. The predicted octanol–water partition coefficient (Wildman–Crippen LogP) is 5.27. The monoisotopic (exact) mass is 452 g/mol. The van der Waals surface area contributed by atoms with Crippen LogP contribution in [0.5, 0.6) is 0 Å². The van der Waals surface area contributed by atoms with Crippen molar-refractivity contribution in [2.45, 2.75) is 103 Å². The van der Waals surface area contributed by atoms with Gasteiger partial charge in [-0.1, -0.05) is 26.2 Å². The van der Waals surface area contributed by atoms with Crippen molar-refractivity contribution in [1.82, 2.24) is 9.78 Å². The first-order chi connectivity index (χ1) is 15.6. The van der Waals surface area contributed by atoms with Crippen molar-refractivity contribution in [2.24, 2.45) is 46.8 Å². The first kappa shape index (κ1) is 23.4. The van der Waals surface area contributed by atoms with Crippen LogP contribution in [0.1, 0.15) is 91.0 Å². The van der Waals surface area contributed by atoms with Crippen LogP contribution in [0.3, 0.4) is 0 Å².